The minimum absolute atomic E-state index is 0.0549. The van der Waals surface area contributed by atoms with Crippen LogP contribution in [-0.2, 0) is 9.84 Å². The number of anilines is 1. The predicted molar refractivity (Wildman–Crippen MR) is 87.2 cm³/mol. The quantitative estimate of drug-likeness (QED) is 0.805. The van der Waals surface area contributed by atoms with E-state index < -0.39 is 9.84 Å². The highest BCUT2D eigenvalue weighted by Crippen LogP contribution is 2.20. The van der Waals surface area contributed by atoms with Crippen LogP contribution in [0.1, 0.15) is 36.5 Å². The predicted octanol–water partition coefficient (Wildman–Crippen LogP) is 0.726. The van der Waals surface area contributed by atoms with Gasteiger partial charge in [0.25, 0.3) is 5.91 Å². The van der Waals surface area contributed by atoms with Gasteiger partial charge in [0, 0.05) is 38.1 Å². The first kappa shape index (κ1) is 16.2. The Labute approximate surface area is 136 Å². The summed E-state index contributed by atoms with van der Waals surface area (Å²) in [5.41, 5.74) is 0.416. The number of carbonyl (C=O) groups excluding carboxylic acids is 1. The maximum atomic E-state index is 12.6. The summed E-state index contributed by atoms with van der Waals surface area (Å²) < 4.78 is 23.3. The van der Waals surface area contributed by atoms with Gasteiger partial charge in [-0.25, -0.2) is 18.4 Å². The largest absolute Gasteiger partial charge is 0.341 e. The fraction of sp³-hybridized carbons (Fsp3) is 0.667. The molecule has 0 aliphatic carbocycles. The Morgan fingerprint density at radius 1 is 1.30 bits per heavy atom. The molecule has 1 unspecified atom stereocenters. The number of sulfone groups is 1. The van der Waals surface area contributed by atoms with E-state index >= 15 is 0 Å². The lowest BCUT2D eigenvalue weighted by atomic mass is 10.2. The van der Waals surface area contributed by atoms with Crippen LogP contribution >= 0.6 is 0 Å². The van der Waals surface area contributed by atoms with E-state index in [0.717, 1.165) is 25.9 Å². The van der Waals surface area contributed by atoms with E-state index in [-0.39, 0.29) is 23.5 Å². The highest BCUT2D eigenvalue weighted by atomic mass is 32.2. The second-order valence-corrected chi connectivity index (χ2v) is 8.34. The van der Waals surface area contributed by atoms with Crippen LogP contribution in [0.4, 0.5) is 5.95 Å². The molecule has 2 aliphatic heterocycles. The molecule has 23 heavy (non-hydrogen) atoms. The molecule has 1 aromatic heterocycles. The van der Waals surface area contributed by atoms with Gasteiger partial charge in [-0.2, -0.15) is 0 Å². The van der Waals surface area contributed by atoms with Crippen molar-refractivity contribution >= 4 is 21.7 Å². The number of hydrogen-bond acceptors (Lipinski definition) is 6. The van der Waals surface area contributed by atoms with Gasteiger partial charge < -0.3 is 9.80 Å². The molecule has 126 valence electrons. The molecular formula is C15H22N4O3S. The molecule has 7 nitrogen and oxygen atoms in total. The molecule has 0 aromatic carbocycles. The van der Waals surface area contributed by atoms with Crippen LogP contribution in [0.25, 0.3) is 0 Å². The lowest BCUT2D eigenvalue weighted by molar-refractivity contribution is 0.0707. The molecule has 1 atom stereocenters. The molecule has 2 saturated heterocycles. The Morgan fingerprint density at radius 3 is 2.48 bits per heavy atom. The molecule has 3 rings (SSSR count). The molecule has 0 N–H and O–H groups in total. The van der Waals surface area contributed by atoms with Crippen LogP contribution in [0.3, 0.4) is 0 Å². The van der Waals surface area contributed by atoms with Gasteiger partial charge >= 0.3 is 0 Å². The van der Waals surface area contributed by atoms with E-state index in [1.54, 1.807) is 17.3 Å². The van der Waals surface area contributed by atoms with Gasteiger partial charge in [0.1, 0.15) is 0 Å². The third-order valence-electron chi connectivity index (χ3n) is 4.52. The van der Waals surface area contributed by atoms with Crippen molar-refractivity contribution in [2.75, 3.05) is 36.0 Å². The first-order chi connectivity index (χ1) is 11.0. The molecule has 1 amide bonds. The van der Waals surface area contributed by atoms with Gasteiger partial charge in [0.2, 0.25) is 5.95 Å². The van der Waals surface area contributed by atoms with Crippen LogP contribution in [0.5, 0.6) is 0 Å². The minimum Gasteiger partial charge on any atom is -0.341 e. The van der Waals surface area contributed by atoms with Crippen molar-refractivity contribution in [1.29, 1.82) is 0 Å². The molecule has 0 bridgehead atoms. The fourth-order valence-electron chi connectivity index (χ4n) is 3.27. The SMILES string of the molecule is CCN(C(=O)c1cnc(N2CCCC2)nc1)C1CCS(=O)(=O)C1. The summed E-state index contributed by atoms with van der Waals surface area (Å²) in [6, 6.07) is -0.240. The summed E-state index contributed by atoms with van der Waals surface area (Å²) in [5, 5.41) is 0. The Morgan fingerprint density at radius 2 is 1.96 bits per heavy atom. The van der Waals surface area contributed by atoms with Crippen molar-refractivity contribution < 1.29 is 13.2 Å². The molecule has 2 aliphatic rings. The zero-order valence-electron chi connectivity index (χ0n) is 13.3. The normalized spacial score (nSPS) is 23.2. The lowest BCUT2D eigenvalue weighted by Crippen LogP contribution is -2.41. The van der Waals surface area contributed by atoms with Gasteiger partial charge in [0.15, 0.2) is 9.84 Å². The van der Waals surface area contributed by atoms with Crippen molar-refractivity contribution in [2.24, 2.45) is 0 Å². The first-order valence-corrected chi connectivity index (χ1v) is 9.90. The van der Waals surface area contributed by atoms with Crippen LogP contribution < -0.4 is 4.90 Å². The first-order valence-electron chi connectivity index (χ1n) is 8.08. The number of nitrogens with zero attached hydrogens (tertiary/aromatic N) is 4. The Bertz CT molecular complexity index is 668. The number of aromatic nitrogens is 2. The molecule has 0 radical (unpaired) electrons. The second kappa shape index (κ2) is 6.43. The number of carbonyl (C=O) groups is 1. The average Bonchev–Trinajstić information content (AvgIpc) is 3.18. The highest BCUT2D eigenvalue weighted by molar-refractivity contribution is 7.91. The van der Waals surface area contributed by atoms with Gasteiger partial charge in [0.05, 0.1) is 17.1 Å². The molecule has 2 fully saturated rings. The number of rotatable bonds is 4. The average molecular weight is 338 g/mol. The molecule has 8 heteroatoms. The van der Waals surface area contributed by atoms with E-state index in [0.29, 0.717) is 24.5 Å². The van der Waals surface area contributed by atoms with Crippen molar-refractivity contribution in [3.63, 3.8) is 0 Å². The third kappa shape index (κ3) is 3.46. The van der Waals surface area contributed by atoms with Crippen LogP contribution in [-0.4, -0.2) is 66.4 Å². The summed E-state index contributed by atoms with van der Waals surface area (Å²) in [5.74, 6) is 0.679. The molecule has 0 spiro atoms. The van der Waals surface area contributed by atoms with Gasteiger partial charge in [-0.1, -0.05) is 0 Å². The summed E-state index contributed by atoms with van der Waals surface area (Å²) in [6.45, 7) is 4.25. The van der Waals surface area contributed by atoms with Gasteiger partial charge in [-0.15, -0.1) is 0 Å². The second-order valence-electron chi connectivity index (χ2n) is 6.11. The van der Waals surface area contributed by atoms with Crippen molar-refractivity contribution in [1.82, 2.24) is 14.9 Å². The van der Waals surface area contributed by atoms with Crippen LogP contribution in [0.2, 0.25) is 0 Å². The maximum absolute atomic E-state index is 12.6. The zero-order valence-corrected chi connectivity index (χ0v) is 14.1. The number of hydrogen-bond donors (Lipinski definition) is 0. The van der Waals surface area contributed by atoms with E-state index in [2.05, 4.69) is 14.9 Å². The van der Waals surface area contributed by atoms with Crippen LogP contribution in [0.15, 0.2) is 12.4 Å². The summed E-state index contributed by atoms with van der Waals surface area (Å²) in [7, 11) is -3.02. The lowest BCUT2D eigenvalue weighted by Gasteiger charge is -2.26. The van der Waals surface area contributed by atoms with Crippen LogP contribution in [0, 0.1) is 0 Å². The van der Waals surface area contributed by atoms with E-state index in [4.69, 9.17) is 0 Å². The van der Waals surface area contributed by atoms with E-state index in [9.17, 15) is 13.2 Å². The molecule has 1 aromatic rings. The summed E-state index contributed by atoms with van der Waals surface area (Å²) in [4.78, 5) is 25.0. The Hall–Kier alpha value is -1.70. The topological polar surface area (TPSA) is 83.5 Å². The van der Waals surface area contributed by atoms with E-state index in [1.807, 2.05) is 6.92 Å². The monoisotopic (exact) mass is 338 g/mol. The van der Waals surface area contributed by atoms with E-state index in [1.165, 1.54) is 0 Å². The summed E-state index contributed by atoms with van der Waals surface area (Å²) in [6.07, 6.45) is 5.90. The Balaban J connectivity index is 1.73. The maximum Gasteiger partial charge on any atom is 0.257 e. The standard InChI is InChI=1S/C15H22N4O3S/c1-2-19(13-5-8-23(21,22)11-13)14(20)12-9-16-15(17-10-12)18-6-3-4-7-18/h9-10,13H,2-8,11H2,1H3. The van der Waals surface area contributed by atoms with Crippen molar-refractivity contribution in [3.8, 4) is 0 Å². The molecule has 0 saturated carbocycles. The summed E-state index contributed by atoms with van der Waals surface area (Å²) >= 11 is 0. The zero-order chi connectivity index (χ0) is 16.4. The van der Waals surface area contributed by atoms with Crippen molar-refractivity contribution in [3.05, 3.63) is 18.0 Å². The molecular weight excluding hydrogens is 316 g/mol. The van der Waals surface area contributed by atoms with Gasteiger partial charge in [-0.3, -0.25) is 4.79 Å². The molecule has 3 heterocycles. The minimum atomic E-state index is -3.02. The van der Waals surface area contributed by atoms with Crippen molar-refractivity contribution in [2.45, 2.75) is 32.2 Å². The number of amides is 1. The smallest absolute Gasteiger partial charge is 0.257 e. The fourth-order valence-corrected chi connectivity index (χ4v) is 5.00. The van der Waals surface area contributed by atoms with Gasteiger partial charge in [-0.05, 0) is 26.2 Å². The Kier molecular flexibility index (Phi) is 4.52. The highest BCUT2D eigenvalue weighted by Gasteiger charge is 2.34. The third-order valence-corrected chi connectivity index (χ3v) is 6.28.